The number of aromatic nitrogens is 2. The molecule has 3 amide bonds. The highest BCUT2D eigenvalue weighted by molar-refractivity contribution is 6.07. The van der Waals surface area contributed by atoms with E-state index in [4.69, 9.17) is 4.74 Å². The number of carbonyl (C=O) groups is 4. The summed E-state index contributed by atoms with van der Waals surface area (Å²) in [5, 5.41) is 8.47. The number of hydrogen-bond donors (Lipinski definition) is 3. The Morgan fingerprint density at radius 3 is 1.95 bits per heavy atom. The maximum atomic E-state index is 13.0. The fourth-order valence-electron chi connectivity index (χ4n) is 4.23. The van der Waals surface area contributed by atoms with Crippen LogP contribution in [0.1, 0.15) is 41.7 Å². The molecule has 0 saturated carbocycles. The minimum atomic E-state index is -0.490. The van der Waals surface area contributed by atoms with Gasteiger partial charge < -0.3 is 34.6 Å². The Labute approximate surface area is 225 Å². The summed E-state index contributed by atoms with van der Waals surface area (Å²) >= 11 is 0. The largest absolute Gasteiger partial charge is 0.465 e. The summed E-state index contributed by atoms with van der Waals surface area (Å²) in [5.41, 5.74) is 2.31. The van der Waals surface area contributed by atoms with Gasteiger partial charge >= 0.3 is 5.97 Å². The van der Waals surface area contributed by atoms with E-state index in [2.05, 4.69) is 25.6 Å². The van der Waals surface area contributed by atoms with E-state index in [0.717, 1.165) is 19.6 Å². The minimum absolute atomic E-state index is 0.227. The number of morpholine rings is 1. The average molecular weight is 537 g/mol. The number of anilines is 2. The first kappa shape index (κ1) is 27.6. The van der Waals surface area contributed by atoms with Crippen molar-refractivity contribution in [3.63, 3.8) is 0 Å². The predicted molar refractivity (Wildman–Crippen MR) is 144 cm³/mol. The van der Waals surface area contributed by atoms with E-state index in [1.807, 2.05) is 0 Å². The molecule has 39 heavy (non-hydrogen) atoms. The fourth-order valence-corrected chi connectivity index (χ4v) is 4.23. The van der Waals surface area contributed by atoms with Gasteiger partial charge in [-0.1, -0.05) is 0 Å². The molecule has 206 valence electrons. The average Bonchev–Trinajstić information content (AvgIpc) is 3.49. The highest BCUT2D eigenvalue weighted by Crippen LogP contribution is 2.18. The van der Waals surface area contributed by atoms with Gasteiger partial charge in [0.1, 0.15) is 11.4 Å². The monoisotopic (exact) mass is 536 g/mol. The highest BCUT2D eigenvalue weighted by Gasteiger charge is 2.18. The van der Waals surface area contributed by atoms with Crippen molar-refractivity contribution in [2.24, 2.45) is 14.1 Å². The second-order valence-electron chi connectivity index (χ2n) is 9.14. The van der Waals surface area contributed by atoms with Crippen molar-refractivity contribution in [2.75, 3.05) is 57.1 Å². The Bertz CT molecular complexity index is 1350. The molecular weight excluding hydrogens is 504 g/mol. The molecule has 1 aromatic carbocycles. The third-order valence-electron chi connectivity index (χ3n) is 6.38. The first-order valence-corrected chi connectivity index (χ1v) is 12.5. The van der Waals surface area contributed by atoms with Gasteiger partial charge in [0.2, 0.25) is 0 Å². The topological polar surface area (TPSA) is 136 Å². The van der Waals surface area contributed by atoms with Gasteiger partial charge in [-0.15, -0.1) is 0 Å². The lowest BCUT2D eigenvalue weighted by atomic mass is 10.1. The van der Waals surface area contributed by atoms with Crippen molar-refractivity contribution in [3.05, 3.63) is 71.3 Å². The second kappa shape index (κ2) is 12.4. The summed E-state index contributed by atoms with van der Waals surface area (Å²) in [6.07, 6.45) is 3.28. The van der Waals surface area contributed by atoms with Gasteiger partial charge in [0.05, 0.1) is 37.3 Å². The van der Waals surface area contributed by atoms with Gasteiger partial charge in [-0.2, -0.15) is 0 Å². The van der Waals surface area contributed by atoms with E-state index in [1.165, 1.54) is 31.4 Å². The van der Waals surface area contributed by atoms with Crippen LogP contribution in [0.3, 0.4) is 0 Å². The number of benzene rings is 1. The maximum absolute atomic E-state index is 13.0. The van der Waals surface area contributed by atoms with Crippen molar-refractivity contribution in [3.8, 4) is 0 Å². The Hall–Kier alpha value is -4.42. The maximum Gasteiger partial charge on any atom is 0.337 e. The molecule has 0 atom stereocenters. The number of hydrogen-bond acceptors (Lipinski definition) is 7. The highest BCUT2D eigenvalue weighted by atomic mass is 16.5. The number of amides is 3. The lowest BCUT2D eigenvalue weighted by Crippen LogP contribution is -2.41. The molecule has 12 heteroatoms. The number of methoxy groups -OCH3 is 1. The van der Waals surface area contributed by atoms with Crippen LogP contribution in [-0.4, -0.2) is 84.2 Å². The number of aryl methyl sites for hydroxylation is 2. The normalized spacial score (nSPS) is 13.5. The molecule has 0 unspecified atom stereocenters. The van der Waals surface area contributed by atoms with Crippen LogP contribution >= 0.6 is 0 Å². The molecule has 1 aliphatic heterocycles. The van der Waals surface area contributed by atoms with Crippen LogP contribution in [0.25, 0.3) is 0 Å². The van der Waals surface area contributed by atoms with E-state index in [0.29, 0.717) is 53.6 Å². The summed E-state index contributed by atoms with van der Waals surface area (Å²) in [6, 6.07) is 9.21. The SMILES string of the molecule is COC(=O)c1ccc(C(=O)Nc2cc(C(=O)Nc3cc(C(=O)NCCN4CCOCC4)n(C)c3)n(C)c2)cc1. The number of nitrogens with one attached hydrogen (secondary N) is 3. The van der Waals surface area contributed by atoms with E-state index in [-0.39, 0.29) is 5.91 Å². The van der Waals surface area contributed by atoms with Gasteiger partial charge in [-0.05, 0) is 36.4 Å². The molecule has 1 saturated heterocycles. The molecule has 0 radical (unpaired) electrons. The van der Waals surface area contributed by atoms with Crippen molar-refractivity contribution < 1.29 is 28.7 Å². The lowest BCUT2D eigenvalue weighted by Gasteiger charge is -2.26. The molecule has 12 nitrogen and oxygen atoms in total. The number of rotatable bonds is 9. The van der Waals surface area contributed by atoms with E-state index < -0.39 is 17.8 Å². The second-order valence-corrected chi connectivity index (χ2v) is 9.14. The molecule has 1 fully saturated rings. The molecule has 3 aromatic rings. The predicted octanol–water partition coefficient (Wildman–Crippen LogP) is 1.72. The van der Waals surface area contributed by atoms with Gasteiger partial charge in [-0.25, -0.2) is 4.79 Å². The standard InChI is InChI=1S/C27H32N6O6/c1-31-17-21(14-22(31)25(35)28-8-9-33-10-12-39-13-11-33)30-26(36)23-15-20(16-32(23)2)29-24(34)18-4-6-19(7-5-18)27(37)38-3/h4-7,14-17H,8-13H2,1-3H3,(H,28,35)(H,29,34)(H,30,36). The third-order valence-corrected chi connectivity index (χ3v) is 6.38. The zero-order valence-electron chi connectivity index (χ0n) is 22.2. The van der Waals surface area contributed by atoms with Crippen LogP contribution in [0.15, 0.2) is 48.8 Å². The summed E-state index contributed by atoms with van der Waals surface area (Å²) in [6.45, 7) is 4.37. The molecule has 3 N–H and O–H groups in total. The molecule has 0 spiro atoms. The summed E-state index contributed by atoms with van der Waals surface area (Å²) < 4.78 is 13.2. The van der Waals surface area contributed by atoms with Crippen molar-refractivity contribution in [2.45, 2.75) is 0 Å². The number of ether oxygens (including phenoxy) is 2. The van der Waals surface area contributed by atoms with Crippen LogP contribution in [0.4, 0.5) is 11.4 Å². The van der Waals surface area contributed by atoms with Crippen molar-refractivity contribution in [1.29, 1.82) is 0 Å². The first-order valence-electron chi connectivity index (χ1n) is 12.5. The molecule has 4 rings (SSSR count). The van der Waals surface area contributed by atoms with Crippen LogP contribution < -0.4 is 16.0 Å². The Balaban J connectivity index is 1.33. The Morgan fingerprint density at radius 2 is 1.36 bits per heavy atom. The van der Waals surface area contributed by atoms with E-state index >= 15 is 0 Å². The fraction of sp³-hybridized carbons (Fsp3) is 0.333. The van der Waals surface area contributed by atoms with Crippen molar-refractivity contribution >= 4 is 35.1 Å². The minimum Gasteiger partial charge on any atom is -0.465 e. The smallest absolute Gasteiger partial charge is 0.337 e. The van der Waals surface area contributed by atoms with E-state index in [9.17, 15) is 19.2 Å². The zero-order valence-corrected chi connectivity index (χ0v) is 22.2. The number of carbonyl (C=O) groups excluding carboxylic acids is 4. The van der Waals surface area contributed by atoms with Crippen LogP contribution in [0.2, 0.25) is 0 Å². The van der Waals surface area contributed by atoms with Crippen LogP contribution in [0.5, 0.6) is 0 Å². The summed E-state index contributed by atoms with van der Waals surface area (Å²) in [4.78, 5) is 52.1. The Morgan fingerprint density at radius 1 is 0.821 bits per heavy atom. The molecule has 2 aromatic heterocycles. The molecule has 0 aliphatic carbocycles. The first-order chi connectivity index (χ1) is 18.7. The van der Waals surface area contributed by atoms with Gasteiger partial charge in [0.25, 0.3) is 17.7 Å². The number of esters is 1. The van der Waals surface area contributed by atoms with Crippen molar-refractivity contribution in [1.82, 2.24) is 19.4 Å². The summed E-state index contributed by atoms with van der Waals surface area (Å²) in [7, 11) is 4.71. The molecule has 0 bridgehead atoms. The molecule has 1 aliphatic rings. The third kappa shape index (κ3) is 6.92. The van der Waals surface area contributed by atoms with Gasteiger partial charge in [0, 0.05) is 58.2 Å². The summed E-state index contributed by atoms with van der Waals surface area (Å²) in [5.74, 6) is -1.51. The number of nitrogens with zero attached hydrogens (tertiary/aromatic N) is 3. The quantitative estimate of drug-likeness (QED) is 0.354. The van der Waals surface area contributed by atoms with Crippen LogP contribution in [0, 0.1) is 0 Å². The zero-order chi connectivity index (χ0) is 27.9. The van der Waals surface area contributed by atoms with E-state index in [1.54, 1.807) is 47.8 Å². The van der Waals surface area contributed by atoms with Crippen LogP contribution in [-0.2, 0) is 23.6 Å². The molecular formula is C27H32N6O6. The Kier molecular flexibility index (Phi) is 8.79. The van der Waals surface area contributed by atoms with Gasteiger partial charge in [-0.3, -0.25) is 19.3 Å². The van der Waals surface area contributed by atoms with Gasteiger partial charge in [0.15, 0.2) is 0 Å². The molecule has 3 heterocycles. The lowest BCUT2D eigenvalue weighted by molar-refractivity contribution is 0.0383.